The second kappa shape index (κ2) is 5.32. The Hall–Kier alpha value is -1.82. The number of para-hydroxylation sites is 1. The third-order valence-electron chi connectivity index (χ3n) is 1.60. The van der Waals surface area contributed by atoms with Crippen LogP contribution in [0, 0.1) is 5.82 Å². The first-order chi connectivity index (χ1) is 7.50. The van der Waals surface area contributed by atoms with Crippen LogP contribution in [0.4, 0.5) is 14.9 Å². The Labute approximate surface area is 95.2 Å². The molecule has 0 unspecified atom stereocenters. The standard InChI is InChI=1S/C9H8ClFN2O3/c10-5-2-1-3-6(11)8(5)13-9(16)12-4-7(14)15/h1-3H,4H2,(H,14,15)(H2,12,13,16). The summed E-state index contributed by atoms with van der Waals surface area (Å²) in [6, 6.07) is 3.07. The summed E-state index contributed by atoms with van der Waals surface area (Å²) in [6.07, 6.45) is 0. The lowest BCUT2D eigenvalue weighted by Gasteiger charge is -2.08. The van der Waals surface area contributed by atoms with Crippen LogP contribution >= 0.6 is 11.6 Å². The van der Waals surface area contributed by atoms with Crippen LogP contribution in [0.15, 0.2) is 18.2 Å². The molecule has 7 heteroatoms. The fraction of sp³-hybridized carbons (Fsp3) is 0.111. The van der Waals surface area contributed by atoms with Gasteiger partial charge in [-0.2, -0.15) is 0 Å². The molecule has 0 aliphatic carbocycles. The molecule has 16 heavy (non-hydrogen) atoms. The lowest BCUT2D eigenvalue weighted by Crippen LogP contribution is -2.33. The van der Waals surface area contributed by atoms with Gasteiger partial charge in [0.15, 0.2) is 0 Å². The van der Waals surface area contributed by atoms with E-state index in [9.17, 15) is 14.0 Å². The molecule has 0 aliphatic heterocycles. The zero-order valence-corrected chi connectivity index (χ0v) is 8.71. The van der Waals surface area contributed by atoms with E-state index in [0.29, 0.717) is 0 Å². The second-order valence-corrected chi connectivity index (χ2v) is 3.21. The van der Waals surface area contributed by atoms with Crippen LogP contribution in [-0.2, 0) is 4.79 Å². The topological polar surface area (TPSA) is 78.4 Å². The first-order valence-electron chi connectivity index (χ1n) is 4.21. The predicted molar refractivity (Wildman–Crippen MR) is 56.1 cm³/mol. The summed E-state index contributed by atoms with van der Waals surface area (Å²) in [5.74, 6) is -1.90. The molecule has 0 bridgehead atoms. The summed E-state index contributed by atoms with van der Waals surface area (Å²) >= 11 is 5.64. The summed E-state index contributed by atoms with van der Waals surface area (Å²) in [5.41, 5.74) is -0.188. The van der Waals surface area contributed by atoms with Gasteiger partial charge in [-0.1, -0.05) is 17.7 Å². The SMILES string of the molecule is O=C(O)CNC(=O)Nc1c(F)cccc1Cl. The minimum atomic E-state index is -1.20. The average molecular weight is 247 g/mol. The molecule has 0 atom stereocenters. The number of nitrogens with one attached hydrogen (secondary N) is 2. The number of hydrogen-bond acceptors (Lipinski definition) is 2. The third-order valence-corrected chi connectivity index (χ3v) is 1.92. The third kappa shape index (κ3) is 3.39. The van der Waals surface area contributed by atoms with Crippen molar-refractivity contribution < 1.29 is 19.1 Å². The molecule has 1 aromatic carbocycles. The molecular weight excluding hydrogens is 239 g/mol. The van der Waals surface area contributed by atoms with Crippen molar-refractivity contribution in [2.75, 3.05) is 11.9 Å². The lowest BCUT2D eigenvalue weighted by molar-refractivity contribution is -0.135. The summed E-state index contributed by atoms with van der Waals surface area (Å²) in [6.45, 7) is -0.558. The van der Waals surface area contributed by atoms with Gasteiger partial charge in [-0.15, -0.1) is 0 Å². The Morgan fingerprint density at radius 2 is 2.12 bits per heavy atom. The molecule has 2 amide bonds. The molecule has 3 N–H and O–H groups in total. The number of urea groups is 1. The number of carboxylic acid groups (broad SMARTS) is 1. The molecule has 5 nitrogen and oxygen atoms in total. The van der Waals surface area contributed by atoms with Crippen molar-refractivity contribution in [3.8, 4) is 0 Å². The zero-order chi connectivity index (χ0) is 12.1. The van der Waals surface area contributed by atoms with Crippen molar-refractivity contribution in [2.24, 2.45) is 0 Å². The summed E-state index contributed by atoms with van der Waals surface area (Å²) in [4.78, 5) is 21.3. The highest BCUT2D eigenvalue weighted by Gasteiger charge is 2.10. The Bertz CT molecular complexity index is 405. The summed E-state index contributed by atoms with van der Waals surface area (Å²) in [7, 11) is 0. The van der Waals surface area contributed by atoms with Gasteiger partial charge in [0.1, 0.15) is 12.4 Å². The number of carbonyl (C=O) groups excluding carboxylic acids is 1. The van der Waals surface area contributed by atoms with E-state index in [1.165, 1.54) is 12.1 Å². The first-order valence-corrected chi connectivity index (χ1v) is 4.59. The molecule has 0 fully saturated rings. The fourth-order valence-electron chi connectivity index (χ4n) is 0.931. The van der Waals surface area contributed by atoms with E-state index in [4.69, 9.17) is 16.7 Å². The number of amides is 2. The van der Waals surface area contributed by atoms with Gasteiger partial charge >= 0.3 is 12.0 Å². The van der Waals surface area contributed by atoms with E-state index in [1.54, 1.807) is 0 Å². The van der Waals surface area contributed by atoms with Crippen LogP contribution in [0.2, 0.25) is 5.02 Å². The largest absolute Gasteiger partial charge is 0.480 e. The van der Waals surface area contributed by atoms with Crippen molar-refractivity contribution in [3.63, 3.8) is 0 Å². The Kier molecular flexibility index (Phi) is 4.07. The Balaban J connectivity index is 2.66. The van der Waals surface area contributed by atoms with Crippen molar-refractivity contribution >= 4 is 29.3 Å². The van der Waals surface area contributed by atoms with E-state index in [2.05, 4.69) is 5.32 Å². The number of aliphatic carboxylic acids is 1. The number of carbonyl (C=O) groups is 2. The molecule has 0 heterocycles. The van der Waals surface area contributed by atoms with Gasteiger partial charge in [0.2, 0.25) is 0 Å². The Morgan fingerprint density at radius 1 is 1.44 bits per heavy atom. The van der Waals surface area contributed by atoms with Crippen LogP contribution in [0.25, 0.3) is 0 Å². The van der Waals surface area contributed by atoms with Gasteiger partial charge in [-0.05, 0) is 12.1 Å². The van der Waals surface area contributed by atoms with Crippen LogP contribution in [-0.4, -0.2) is 23.7 Å². The smallest absolute Gasteiger partial charge is 0.323 e. The molecular formula is C9H8ClFN2O3. The van der Waals surface area contributed by atoms with Crippen LogP contribution < -0.4 is 10.6 Å². The number of anilines is 1. The number of benzene rings is 1. The molecule has 1 rings (SSSR count). The number of hydrogen-bond donors (Lipinski definition) is 3. The average Bonchev–Trinajstić information content (AvgIpc) is 2.21. The lowest BCUT2D eigenvalue weighted by atomic mass is 10.3. The Morgan fingerprint density at radius 3 is 2.69 bits per heavy atom. The zero-order valence-electron chi connectivity index (χ0n) is 7.96. The highest BCUT2D eigenvalue weighted by molar-refractivity contribution is 6.33. The van der Waals surface area contributed by atoms with Crippen molar-refractivity contribution in [1.82, 2.24) is 5.32 Å². The van der Waals surface area contributed by atoms with Crippen molar-refractivity contribution in [2.45, 2.75) is 0 Å². The summed E-state index contributed by atoms with van der Waals surface area (Å²) in [5, 5.41) is 12.5. The highest BCUT2D eigenvalue weighted by atomic mass is 35.5. The minimum absolute atomic E-state index is 0.0328. The fourth-order valence-corrected chi connectivity index (χ4v) is 1.14. The second-order valence-electron chi connectivity index (χ2n) is 2.80. The van der Waals surface area contributed by atoms with Crippen LogP contribution in [0.1, 0.15) is 0 Å². The quantitative estimate of drug-likeness (QED) is 0.759. The maximum Gasteiger partial charge on any atom is 0.323 e. The van der Waals surface area contributed by atoms with E-state index >= 15 is 0 Å². The molecule has 0 saturated carbocycles. The van der Waals surface area contributed by atoms with E-state index in [0.717, 1.165) is 6.07 Å². The van der Waals surface area contributed by atoms with Gasteiger partial charge in [0, 0.05) is 0 Å². The molecule has 1 aromatic rings. The monoisotopic (exact) mass is 246 g/mol. The van der Waals surface area contributed by atoms with Gasteiger partial charge in [-0.25, -0.2) is 9.18 Å². The molecule has 0 radical (unpaired) electrons. The molecule has 0 aliphatic rings. The van der Waals surface area contributed by atoms with E-state index in [1.807, 2.05) is 5.32 Å². The van der Waals surface area contributed by atoms with Gasteiger partial charge in [0.05, 0.1) is 10.7 Å². The van der Waals surface area contributed by atoms with E-state index in [-0.39, 0.29) is 10.7 Å². The van der Waals surface area contributed by atoms with Gasteiger partial charge in [0.25, 0.3) is 0 Å². The first kappa shape index (κ1) is 12.3. The molecule has 86 valence electrons. The predicted octanol–water partition coefficient (Wildman–Crippen LogP) is 1.69. The number of carboxylic acids is 1. The highest BCUT2D eigenvalue weighted by Crippen LogP contribution is 2.24. The normalized spacial score (nSPS) is 9.62. The van der Waals surface area contributed by atoms with Crippen LogP contribution in [0.5, 0.6) is 0 Å². The van der Waals surface area contributed by atoms with Gasteiger partial charge in [-0.3, -0.25) is 4.79 Å². The minimum Gasteiger partial charge on any atom is -0.480 e. The maximum atomic E-state index is 13.2. The number of rotatable bonds is 3. The van der Waals surface area contributed by atoms with Crippen molar-refractivity contribution in [1.29, 1.82) is 0 Å². The number of halogens is 2. The van der Waals surface area contributed by atoms with Crippen molar-refractivity contribution in [3.05, 3.63) is 29.0 Å². The molecule has 0 spiro atoms. The summed E-state index contributed by atoms with van der Waals surface area (Å²) < 4.78 is 13.2. The van der Waals surface area contributed by atoms with Crippen LogP contribution in [0.3, 0.4) is 0 Å². The molecule has 0 saturated heterocycles. The van der Waals surface area contributed by atoms with E-state index < -0.39 is 24.4 Å². The molecule has 0 aromatic heterocycles. The van der Waals surface area contributed by atoms with Gasteiger partial charge < -0.3 is 15.7 Å². The maximum absolute atomic E-state index is 13.2.